The minimum Gasteiger partial charge on any atom is -0.444 e. The summed E-state index contributed by atoms with van der Waals surface area (Å²) in [5.74, 6) is 3.44. The third kappa shape index (κ3) is 4.90. The molecule has 0 radical (unpaired) electrons. The first-order valence-electron chi connectivity index (χ1n) is 8.60. The number of nitrogens with zero attached hydrogens (tertiary/aromatic N) is 4. The van der Waals surface area contributed by atoms with Gasteiger partial charge in [-0.25, -0.2) is 4.98 Å². The van der Waals surface area contributed by atoms with E-state index in [9.17, 15) is 0 Å². The van der Waals surface area contributed by atoms with Crippen molar-refractivity contribution in [2.45, 2.75) is 17.5 Å². The Morgan fingerprint density at radius 2 is 2.07 bits per heavy atom. The molecule has 1 atom stereocenters. The normalized spacial score (nSPS) is 17.6. The van der Waals surface area contributed by atoms with Crippen LogP contribution in [0.5, 0.6) is 0 Å². The highest BCUT2D eigenvalue weighted by atomic mass is 35.5. The van der Waals surface area contributed by atoms with Crippen LogP contribution in [0.1, 0.15) is 23.5 Å². The van der Waals surface area contributed by atoms with Crippen LogP contribution in [-0.4, -0.2) is 46.7 Å². The van der Waals surface area contributed by atoms with Gasteiger partial charge in [-0.05, 0) is 19.2 Å². The molecule has 9 heteroatoms. The highest BCUT2D eigenvalue weighted by molar-refractivity contribution is 7.97. The lowest BCUT2D eigenvalue weighted by Gasteiger charge is -2.30. The van der Waals surface area contributed by atoms with Gasteiger partial charge in [0.1, 0.15) is 6.26 Å². The maximum atomic E-state index is 5.56. The van der Waals surface area contributed by atoms with Gasteiger partial charge in [0.25, 0.3) is 0 Å². The van der Waals surface area contributed by atoms with E-state index in [0.717, 1.165) is 42.5 Å². The second-order valence-corrected chi connectivity index (χ2v) is 7.24. The Bertz CT molecular complexity index is 841. The lowest BCUT2D eigenvalue weighted by molar-refractivity contribution is 0.190. The highest BCUT2D eigenvalue weighted by Crippen LogP contribution is 2.23. The predicted octanol–water partition coefficient (Wildman–Crippen LogP) is 3.16. The van der Waals surface area contributed by atoms with E-state index in [2.05, 4.69) is 32.4 Å². The van der Waals surface area contributed by atoms with Crippen LogP contribution in [0.25, 0.3) is 11.5 Å². The van der Waals surface area contributed by atoms with E-state index in [-0.39, 0.29) is 18.4 Å². The molecule has 1 saturated heterocycles. The fourth-order valence-electron chi connectivity index (χ4n) is 2.89. The second-order valence-electron chi connectivity index (χ2n) is 6.25. The van der Waals surface area contributed by atoms with Crippen molar-refractivity contribution in [1.29, 1.82) is 0 Å². The Morgan fingerprint density at radius 1 is 1.22 bits per heavy atom. The van der Waals surface area contributed by atoms with E-state index in [4.69, 9.17) is 8.94 Å². The molecule has 1 unspecified atom stereocenters. The molecule has 2 aromatic heterocycles. The largest absolute Gasteiger partial charge is 0.444 e. The van der Waals surface area contributed by atoms with Gasteiger partial charge in [-0.3, -0.25) is 4.90 Å². The molecule has 0 aliphatic carbocycles. The third-order valence-corrected chi connectivity index (χ3v) is 5.29. The van der Waals surface area contributed by atoms with Gasteiger partial charge in [0.2, 0.25) is 11.8 Å². The second kappa shape index (κ2) is 9.36. The van der Waals surface area contributed by atoms with Crippen molar-refractivity contribution >= 4 is 24.2 Å². The summed E-state index contributed by atoms with van der Waals surface area (Å²) in [5.41, 5.74) is 1.89. The van der Waals surface area contributed by atoms with Crippen LogP contribution in [0, 0.1) is 0 Å². The molecule has 7 nitrogen and oxygen atoms in total. The SMILES string of the molecule is CN1CCNCC1c1noc(CSCc2coc(-c3ccccc3)n2)n1.Cl. The van der Waals surface area contributed by atoms with Crippen molar-refractivity contribution in [2.75, 3.05) is 26.7 Å². The number of halogens is 1. The van der Waals surface area contributed by atoms with Gasteiger partial charge in [0, 0.05) is 31.0 Å². The molecule has 1 aliphatic heterocycles. The first-order chi connectivity index (χ1) is 12.8. The number of likely N-dealkylation sites (N-methyl/N-ethyl adjacent to an activating group) is 1. The molecule has 4 rings (SSSR count). The molecule has 3 heterocycles. The summed E-state index contributed by atoms with van der Waals surface area (Å²) in [6.45, 7) is 2.83. The Morgan fingerprint density at radius 3 is 2.89 bits per heavy atom. The number of oxazole rings is 1. The number of benzene rings is 1. The summed E-state index contributed by atoms with van der Waals surface area (Å²) in [4.78, 5) is 11.3. The van der Waals surface area contributed by atoms with Crippen molar-refractivity contribution in [3.8, 4) is 11.5 Å². The Labute approximate surface area is 168 Å². The molecular formula is C18H22ClN5O2S. The van der Waals surface area contributed by atoms with Gasteiger partial charge in [0.05, 0.1) is 17.5 Å². The summed E-state index contributed by atoms with van der Waals surface area (Å²) in [6.07, 6.45) is 1.71. The van der Waals surface area contributed by atoms with Crippen molar-refractivity contribution in [1.82, 2.24) is 25.3 Å². The zero-order valence-corrected chi connectivity index (χ0v) is 16.6. The number of hydrogen-bond donors (Lipinski definition) is 1. The van der Waals surface area contributed by atoms with E-state index >= 15 is 0 Å². The van der Waals surface area contributed by atoms with Crippen LogP contribution >= 0.6 is 24.2 Å². The molecule has 1 aromatic carbocycles. The summed E-state index contributed by atoms with van der Waals surface area (Å²) >= 11 is 1.68. The third-order valence-electron chi connectivity index (χ3n) is 4.34. The highest BCUT2D eigenvalue weighted by Gasteiger charge is 2.25. The number of piperazine rings is 1. The van der Waals surface area contributed by atoms with Crippen molar-refractivity contribution in [3.63, 3.8) is 0 Å². The van der Waals surface area contributed by atoms with Crippen LogP contribution in [-0.2, 0) is 11.5 Å². The quantitative estimate of drug-likeness (QED) is 0.667. The first-order valence-corrected chi connectivity index (χ1v) is 9.76. The van der Waals surface area contributed by atoms with Crippen LogP contribution in [0.15, 0.2) is 45.5 Å². The summed E-state index contributed by atoms with van der Waals surface area (Å²) in [6, 6.07) is 10.1. The van der Waals surface area contributed by atoms with Crippen molar-refractivity contribution in [2.24, 2.45) is 0 Å². The van der Waals surface area contributed by atoms with E-state index in [1.54, 1.807) is 18.0 Å². The van der Waals surface area contributed by atoms with Gasteiger partial charge in [-0.1, -0.05) is 23.4 Å². The lowest BCUT2D eigenvalue weighted by atomic mass is 10.2. The fraction of sp³-hybridized carbons (Fsp3) is 0.389. The molecular weight excluding hydrogens is 386 g/mol. The molecule has 0 bridgehead atoms. The van der Waals surface area contributed by atoms with Crippen LogP contribution in [0.4, 0.5) is 0 Å². The van der Waals surface area contributed by atoms with Gasteiger partial charge in [-0.15, -0.1) is 24.2 Å². The molecule has 1 N–H and O–H groups in total. The number of hydrogen-bond acceptors (Lipinski definition) is 8. The van der Waals surface area contributed by atoms with E-state index in [0.29, 0.717) is 17.5 Å². The monoisotopic (exact) mass is 407 g/mol. The Hall–Kier alpha value is -1.87. The van der Waals surface area contributed by atoms with E-state index in [1.165, 1.54) is 0 Å². The van der Waals surface area contributed by atoms with Gasteiger partial charge < -0.3 is 14.3 Å². The molecule has 3 aromatic rings. The number of aromatic nitrogens is 3. The van der Waals surface area contributed by atoms with E-state index in [1.807, 2.05) is 30.3 Å². The molecule has 0 spiro atoms. The number of rotatable bonds is 6. The number of nitrogens with one attached hydrogen (secondary N) is 1. The zero-order valence-electron chi connectivity index (χ0n) is 15.0. The van der Waals surface area contributed by atoms with Gasteiger partial charge in [0.15, 0.2) is 5.82 Å². The maximum absolute atomic E-state index is 5.56. The molecule has 1 aliphatic rings. The Kier molecular flexibility index (Phi) is 6.89. The predicted molar refractivity (Wildman–Crippen MR) is 107 cm³/mol. The van der Waals surface area contributed by atoms with E-state index < -0.39 is 0 Å². The fourth-order valence-corrected chi connectivity index (χ4v) is 3.62. The summed E-state index contributed by atoms with van der Waals surface area (Å²) in [7, 11) is 2.09. The molecule has 1 fully saturated rings. The molecule has 0 saturated carbocycles. The molecule has 0 amide bonds. The van der Waals surface area contributed by atoms with Gasteiger partial charge in [-0.2, -0.15) is 4.98 Å². The van der Waals surface area contributed by atoms with Crippen LogP contribution in [0.2, 0.25) is 0 Å². The smallest absolute Gasteiger partial charge is 0.236 e. The average Bonchev–Trinajstić information content (AvgIpc) is 3.33. The van der Waals surface area contributed by atoms with Crippen molar-refractivity contribution < 1.29 is 8.94 Å². The maximum Gasteiger partial charge on any atom is 0.236 e. The van der Waals surface area contributed by atoms with Gasteiger partial charge >= 0.3 is 0 Å². The van der Waals surface area contributed by atoms with Crippen LogP contribution < -0.4 is 5.32 Å². The Balaban J connectivity index is 0.00000210. The molecule has 27 heavy (non-hydrogen) atoms. The van der Waals surface area contributed by atoms with Crippen molar-refractivity contribution in [3.05, 3.63) is 54.0 Å². The standard InChI is InChI=1S/C18H21N5O2S.ClH/c1-23-8-7-19-9-15(23)17-21-16(25-22-17)12-26-11-14-10-24-18(20-14)13-5-3-2-4-6-13;/h2-6,10,15,19H,7-9,11-12H2,1H3;1H. The molecule has 144 valence electrons. The summed E-state index contributed by atoms with van der Waals surface area (Å²) in [5, 5.41) is 7.51. The lowest BCUT2D eigenvalue weighted by Crippen LogP contribution is -2.44. The van der Waals surface area contributed by atoms with Crippen LogP contribution in [0.3, 0.4) is 0 Å². The first kappa shape index (κ1) is 19.9. The number of thioether (sulfide) groups is 1. The average molecular weight is 408 g/mol. The summed E-state index contributed by atoms with van der Waals surface area (Å²) < 4.78 is 11.0. The topological polar surface area (TPSA) is 80.2 Å². The minimum atomic E-state index is 0. The minimum absolute atomic E-state index is 0. The zero-order chi connectivity index (χ0) is 17.8.